The summed E-state index contributed by atoms with van der Waals surface area (Å²) in [6, 6.07) is 2.16. The van der Waals surface area contributed by atoms with Crippen LogP contribution in [-0.4, -0.2) is 31.0 Å². The van der Waals surface area contributed by atoms with Crippen LogP contribution in [0.15, 0.2) is 21.8 Å². The Labute approximate surface area is 114 Å². The lowest BCUT2D eigenvalue weighted by Crippen LogP contribution is -2.48. The Morgan fingerprint density at radius 3 is 2.72 bits per heavy atom. The first kappa shape index (κ1) is 13.4. The van der Waals surface area contributed by atoms with Gasteiger partial charge in [0.2, 0.25) is 0 Å². The van der Waals surface area contributed by atoms with E-state index < -0.39 is 0 Å². The summed E-state index contributed by atoms with van der Waals surface area (Å²) in [6.45, 7) is 7.76. The number of thiophene rings is 1. The van der Waals surface area contributed by atoms with Gasteiger partial charge >= 0.3 is 0 Å². The summed E-state index contributed by atoms with van der Waals surface area (Å²) in [5, 5.41) is 7.76. The fourth-order valence-corrected chi connectivity index (χ4v) is 3.41. The molecule has 2 heterocycles. The van der Waals surface area contributed by atoms with Gasteiger partial charge in [0.1, 0.15) is 0 Å². The predicted molar refractivity (Wildman–Crippen MR) is 79.0 cm³/mol. The van der Waals surface area contributed by atoms with E-state index in [1.54, 1.807) is 11.3 Å². The molecule has 1 N–H and O–H groups in total. The van der Waals surface area contributed by atoms with E-state index in [0.29, 0.717) is 0 Å². The first-order valence-corrected chi connectivity index (χ1v) is 7.60. The molecule has 1 aliphatic rings. The average Bonchev–Trinajstić information content (AvgIpc) is 2.81. The Balaban J connectivity index is 1.92. The zero-order valence-electron chi connectivity index (χ0n) is 11.5. The third-order valence-corrected chi connectivity index (χ3v) is 4.14. The van der Waals surface area contributed by atoms with Crippen LogP contribution in [0.2, 0.25) is 0 Å². The highest BCUT2D eigenvalue weighted by Gasteiger charge is 2.23. The van der Waals surface area contributed by atoms with E-state index in [1.165, 1.54) is 12.0 Å². The summed E-state index contributed by atoms with van der Waals surface area (Å²) in [7, 11) is 1.87. The highest BCUT2D eigenvalue weighted by molar-refractivity contribution is 7.07. The topological polar surface area (TPSA) is 27.6 Å². The minimum absolute atomic E-state index is 0.758. The molecule has 0 saturated carbocycles. The van der Waals surface area contributed by atoms with E-state index in [1.807, 2.05) is 7.05 Å². The summed E-state index contributed by atoms with van der Waals surface area (Å²) in [4.78, 5) is 6.81. The number of piperidine rings is 1. The van der Waals surface area contributed by atoms with Gasteiger partial charge < -0.3 is 10.2 Å². The van der Waals surface area contributed by atoms with Crippen LogP contribution < -0.4 is 5.32 Å². The zero-order valence-corrected chi connectivity index (χ0v) is 12.3. The van der Waals surface area contributed by atoms with Gasteiger partial charge in [0, 0.05) is 26.7 Å². The van der Waals surface area contributed by atoms with Crippen molar-refractivity contribution >= 4 is 17.3 Å². The first-order valence-electron chi connectivity index (χ1n) is 6.65. The maximum Gasteiger partial charge on any atom is 0.193 e. The largest absolute Gasteiger partial charge is 0.352 e. The van der Waals surface area contributed by atoms with Gasteiger partial charge in [-0.15, -0.1) is 0 Å². The average molecular weight is 265 g/mol. The predicted octanol–water partition coefficient (Wildman–Crippen LogP) is 2.80. The summed E-state index contributed by atoms with van der Waals surface area (Å²) in [5.74, 6) is 2.56. The molecule has 100 valence electrons. The third kappa shape index (κ3) is 3.48. The molecule has 0 aromatic carbocycles. The Morgan fingerprint density at radius 2 is 2.17 bits per heavy atom. The maximum absolute atomic E-state index is 4.41. The Morgan fingerprint density at radius 1 is 1.44 bits per heavy atom. The third-order valence-electron chi connectivity index (χ3n) is 3.41. The van der Waals surface area contributed by atoms with E-state index in [9.17, 15) is 0 Å². The van der Waals surface area contributed by atoms with Crippen molar-refractivity contribution in [3.05, 3.63) is 22.4 Å². The standard InChI is InChI=1S/C14H23N3S/c1-11-6-12(2)9-17(8-11)14(15-3)16-7-13-4-5-18-10-13/h4-5,10-12H,6-9H2,1-3H3,(H,15,16). The number of likely N-dealkylation sites (tertiary alicyclic amines) is 1. The molecule has 1 saturated heterocycles. The number of rotatable bonds is 2. The van der Waals surface area contributed by atoms with Gasteiger partial charge in [-0.1, -0.05) is 13.8 Å². The molecule has 1 aromatic heterocycles. The lowest BCUT2D eigenvalue weighted by atomic mass is 9.92. The van der Waals surface area contributed by atoms with Gasteiger partial charge in [0.15, 0.2) is 5.96 Å². The van der Waals surface area contributed by atoms with Crippen molar-refractivity contribution in [2.24, 2.45) is 16.8 Å². The number of guanidine groups is 1. The van der Waals surface area contributed by atoms with Crippen LogP contribution in [0.3, 0.4) is 0 Å². The van der Waals surface area contributed by atoms with Crippen LogP contribution in [0, 0.1) is 11.8 Å². The number of nitrogens with one attached hydrogen (secondary N) is 1. The Kier molecular flexibility index (Phi) is 4.64. The van der Waals surface area contributed by atoms with Crippen molar-refractivity contribution in [2.45, 2.75) is 26.8 Å². The molecule has 1 fully saturated rings. The van der Waals surface area contributed by atoms with Crippen LogP contribution in [0.4, 0.5) is 0 Å². The van der Waals surface area contributed by atoms with Crippen molar-refractivity contribution < 1.29 is 0 Å². The van der Waals surface area contributed by atoms with E-state index in [4.69, 9.17) is 0 Å². The number of hydrogen-bond donors (Lipinski definition) is 1. The fraction of sp³-hybridized carbons (Fsp3) is 0.643. The van der Waals surface area contributed by atoms with Gasteiger partial charge in [0.25, 0.3) is 0 Å². The van der Waals surface area contributed by atoms with Crippen molar-refractivity contribution in [2.75, 3.05) is 20.1 Å². The van der Waals surface area contributed by atoms with Crippen molar-refractivity contribution in [3.8, 4) is 0 Å². The molecular weight excluding hydrogens is 242 g/mol. The number of aliphatic imine (C=N–C) groups is 1. The van der Waals surface area contributed by atoms with Crippen molar-refractivity contribution in [3.63, 3.8) is 0 Å². The second kappa shape index (κ2) is 6.23. The SMILES string of the molecule is CN=C(NCc1ccsc1)N1CC(C)CC(C)C1. The summed E-state index contributed by atoms with van der Waals surface area (Å²) >= 11 is 1.74. The van der Waals surface area contributed by atoms with Gasteiger partial charge in [-0.05, 0) is 40.6 Å². The van der Waals surface area contributed by atoms with Gasteiger partial charge in [0.05, 0.1) is 0 Å². The zero-order chi connectivity index (χ0) is 13.0. The van der Waals surface area contributed by atoms with Crippen LogP contribution in [0.25, 0.3) is 0 Å². The monoisotopic (exact) mass is 265 g/mol. The molecule has 1 aromatic rings. The molecule has 0 radical (unpaired) electrons. The van der Waals surface area contributed by atoms with Gasteiger partial charge in [-0.25, -0.2) is 0 Å². The van der Waals surface area contributed by atoms with E-state index >= 15 is 0 Å². The molecule has 2 rings (SSSR count). The summed E-state index contributed by atoms with van der Waals surface area (Å²) in [6.07, 6.45) is 1.33. The Bertz CT molecular complexity index is 376. The van der Waals surface area contributed by atoms with Crippen LogP contribution in [-0.2, 0) is 6.54 Å². The molecule has 18 heavy (non-hydrogen) atoms. The minimum atomic E-state index is 0.758. The molecule has 2 atom stereocenters. The lowest BCUT2D eigenvalue weighted by molar-refractivity contribution is 0.208. The number of hydrogen-bond acceptors (Lipinski definition) is 2. The molecule has 2 unspecified atom stereocenters. The van der Waals surface area contributed by atoms with Gasteiger partial charge in [-0.2, -0.15) is 11.3 Å². The van der Waals surface area contributed by atoms with E-state index in [-0.39, 0.29) is 0 Å². The van der Waals surface area contributed by atoms with Crippen molar-refractivity contribution in [1.29, 1.82) is 0 Å². The van der Waals surface area contributed by atoms with E-state index in [2.05, 4.69) is 45.9 Å². The van der Waals surface area contributed by atoms with Gasteiger partial charge in [-0.3, -0.25) is 4.99 Å². The summed E-state index contributed by atoms with van der Waals surface area (Å²) < 4.78 is 0. The molecule has 3 nitrogen and oxygen atoms in total. The second-order valence-electron chi connectivity index (χ2n) is 5.38. The molecule has 0 amide bonds. The molecule has 0 spiro atoms. The first-order chi connectivity index (χ1) is 8.69. The minimum Gasteiger partial charge on any atom is -0.352 e. The molecule has 4 heteroatoms. The quantitative estimate of drug-likeness (QED) is 0.658. The van der Waals surface area contributed by atoms with Crippen LogP contribution in [0.5, 0.6) is 0 Å². The maximum atomic E-state index is 4.41. The highest BCUT2D eigenvalue weighted by atomic mass is 32.1. The molecule has 0 bridgehead atoms. The lowest BCUT2D eigenvalue weighted by Gasteiger charge is -2.37. The summed E-state index contributed by atoms with van der Waals surface area (Å²) in [5.41, 5.74) is 1.33. The van der Waals surface area contributed by atoms with Crippen molar-refractivity contribution in [1.82, 2.24) is 10.2 Å². The smallest absolute Gasteiger partial charge is 0.193 e. The molecular formula is C14H23N3S. The highest BCUT2D eigenvalue weighted by Crippen LogP contribution is 2.20. The Hall–Kier alpha value is -1.03. The fourth-order valence-electron chi connectivity index (χ4n) is 2.74. The van der Waals surface area contributed by atoms with Crippen LogP contribution in [0.1, 0.15) is 25.8 Å². The molecule has 1 aliphatic heterocycles. The van der Waals surface area contributed by atoms with Crippen LogP contribution >= 0.6 is 11.3 Å². The molecule has 0 aliphatic carbocycles. The number of nitrogens with zero attached hydrogens (tertiary/aromatic N) is 2. The van der Waals surface area contributed by atoms with E-state index in [0.717, 1.165) is 37.4 Å². The normalized spacial score (nSPS) is 25.3. The second-order valence-corrected chi connectivity index (χ2v) is 6.16.